The lowest BCUT2D eigenvalue weighted by atomic mass is 9.84. The van der Waals surface area contributed by atoms with E-state index in [1.54, 1.807) is 9.80 Å². The zero-order valence-electron chi connectivity index (χ0n) is 16.3. The summed E-state index contributed by atoms with van der Waals surface area (Å²) in [4.78, 5) is 27.6. The topological polar surface area (TPSA) is 61.9 Å². The molecule has 30 heavy (non-hydrogen) atoms. The van der Waals surface area contributed by atoms with Gasteiger partial charge in [0.1, 0.15) is 5.82 Å². The molecular weight excluding hydrogens is 406 g/mol. The number of carbonyl (C=O) groups excluding carboxylic acids is 2. The van der Waals surface area contributed by atoms with Crippen molar-refractivity contribution in [2.24, 2.45) is 5.92 Å². The summed E-state index contributed by atoms with van der Waals surface area (Å²) in [5.74, 6) is -0.522. The highest BCUT2D eigenvalue weighted by Crippen LogP contribution is 2.31. The van der Waals surface area contributed by atoms with Crippen molar-refractivity contribution in [2.45, 2.75) is 44.2 Å². The summed E-state index contributed by atoms with van der Waals surface area (Å²) in [6, 6.07) is 2.24. The van der Waals surface area contributed by atoms with Crippen molar-refractivity contribution in [3.05, 3.63) is 35.1 Å². The van der Waals surface area contributed by atoms with Crippen molar-refractivity contribution in [1.29, 1.82) is 0 Å². The number of hydrogen-bond donors (Lipinski definition) is 1. The molecule has 1 aromatic rings. The van der Waals surface area contributed by atoms with Crippen LogP contribution in [-0.4, -0.2) is 60.1 Å². The quantitative estimate of drug-likeness (QED) is 0.752. The van der Waals surface area contributed by atoms with Crippen LogP contribution in [0.2, 0.25) is 0 Å². The number of ether oxygens (including phenoxy) is 1. The summed E-state index contributed by atoms with van der Waals surface area (Å²) in [6.45, 7) is 1.68. The number of halogens is 4. The lowest BCUT2D eigenvalue weighted by Gasteiger charge is -2.46. The fourth-order valence-electron chi connectivity index (χ4n) is 4.23. The first kappa shape index (κ1) is 20.9. The van der Waals surface area contributed by atoms with Gasteiger partial charge < -0.3 is 19.9 Å². The molecule has 0 aromatic heterocycles. The minimum atomic E-state index is -4.59. The SMILES string of the molecule is O=C1CC[C@H]2CCN(C(=O)N3CC(OCc4ccc(C(F)(F)F)cc4F)C3)C[C@H]2N1. The van der Waals surface area contributed by atoms with Gasteiger partial charge in [0.25, 0.3) is 0 Å². The van der Waals surface area contributed by atoms with Crippen molar-refractivity contribution >= 4 is 11.9 Å². The molecule has 10 heteroatoms. The monoisotopic (exact) mass is 429 g/mol. The summed E-state index contributed by atoms with van der Waals surface area (Å²) in [5.41, 5.74) is -0.995. The Hall–Kier alpha value is -2.36. The lowest BCUT2D eigenvalue weighted by molar-refractivity contribution is -0.137. The first-order valence-electron chi connectivity index (χ1n) is 10.0. The van der Waals surface area contributed by atoms with Gasteiger partial charge in [-0.3, -0.25) is 4.79 Å². The van der Waals surface area contributed by atoms with Crippen LogP contribution in [0.15, 0.2) is 18.2 Å². The Kier molecular flexibility index (Phi) is 5.61. The van der Waals surface area contributed by atoms with Crippen LogP contribution in [0.1, 0.15) is 30.4 Å². The number of fused-ring (bicyclic) bond motifs is 1. The van der Waals surface area contributed by atoms with E-state index in [0.29, 0.717) is 44.6 Å². The van der Waals surface area contributed by atoms with E-state index in [1.807, 2.05) is 0 Å². The molecule has 4 rings (SSSR count). The molecule has 2 atom stereocenters. The average Bonchev–Trinajstić information content (AvgIpc) is 2.66. The number of hydrogen-bond acceptors (Lipinski definition) is 3. The standard InChI is InChI=1S/C20H23F4N3O3/c21-16-7-14(20(22,23)24)3-1-13(16)11-30-15-8-27(9-15)19(29)26-6-5-12-2-4-18(28)25-17(12)10-26/h1,3,7,12,15,17H,2,4-6,8-11H2,(H,25,28)/t12-,17+/m0/s1. The van der Waals surface area contributed by atoms with Gasteiger partial charge in [-0.15, -0.1) is 0 Å². The number of amides is 3. The molecule has 1 N–H and O–H groups in total. The van der Waals surface area contributed by atoms with Crippen LogP contribution >= 0.6 is 0 Å². The maximum absolute atomic E-state index is 13.9. The highest BCUT2D eigenvalue weighted by Gasteiger charge is 2.39. The van der Waals surface area contributed by atoms with E-state index in [0.717, 1.165) is 25.0 Å². The Morgan fingerprint density at radius 1 is 1.17 bits per heavy atom. The number of benzene rings is 1. The fourth-order valence-corrected chi connectivity index (χ4v) is 4.23. The van der Waals surface area contributed by atoms with E-state index in [4.69, 9.17) is 4.74 Å². The Morgan fingerprint density at radius 3 is 2.63 bits per heavy atom. The molecule has 0 radical (unpaired) electrons. The van der Waals surface area contributed by atoms with Gasteiger partial charge >= 0.3 is 12.2 Å². The number of carbonyl (C=O) groups is 2. The molecule has 3 heterocycles. The molecule has 1 aromatic carbocycles. The first-order valence-corrected chi connectivity index (χ1v) is 10.0. The van der Waals surface area contributed by atoms with Gasteiger partial charge in [0, 0.05) is 31.1 Å². The van der Waals surface area contributed by atoms with Gasteiger partial charge in [-0.1, -0.05) is 6.07 Å². The van der Waals surface area contributed by atoms with E-state index < -0.39 is 17.6 Å². The molecule has 0 spiro atoms. The minimum Gasteiger partial charge on any atom is -0.370 e. The zero-order valence-corrected chi connectivity index (χ0v) is 16.3. The van der Waals surface area contributed by atoms with Crippen LogP contribution in [0.5, 0.6) is 0 Å². The van der Waals surface area contributed by atoms with Gasteiger partial charge in [0.05, 0.1) is 31.4 Å². The van der Waals surface area contributed by atoms with Crippen molar-refractivity contribution < 1.29 is 31.9 Å². The number of urea groups is 1. The molecule has 0 bridgehead atoms. The summed E-state index contributed by atoms with van der Waals surface area (Å²) in [7, 11) is 0. The second kappa shape index (κ2) is 8.05. The van der Waals surface area contributed by atoms with Crippen LogP contribution in [0.4, 0.5) is 22.4 Å². The van der Waals surface area contributed by atoms with E-state index in [1.165, 1.54) is 0 Å². The van der Waals surface area contributed by atoms with Gasteiger partial charge in [-0.25, -0.2) is 9.18 Å². The second-order valence-corrected chi connectivity index (χ2v) is 8.13. The van der Waals surface area contributed by atoms with Crippen LogP contribution < -0.4 is 5.32 Å². The molecular formula is C20H23F4N3O3. The molecule has 0 saturated carbocycles. The zero-order chi connectivity index (χ0) is 21.5. The van der Waals surface area contributed by atoms with E-state index >= 15 is 0 Å². The summed E-state index contributed by atoms with van der Waals surface area (Å²) >= 11 is 0. The van der Waals surface area contributed by atoms with Crippen LogP contribution in [-0.2, 0) is 22.3 Å². The molecule has 164 valence electrons. The smallest absolute Gasteiger partial charge is 0.370 e. The van der Waals surface area contributed by atoms with Gasteiger partial charge in [0.2, 0.25) is 5.91 Å². The van der Waals surface area contributed by atoms with Crippen molar-refractivity contribution in [2.75, 3.05) is 26.2 Å². The van der Waals surface area contributed by atoms with Gasteiger partial charge in [-0.2, -0.15) is 13.2 Å². The summed E-state index contributed by atoms with van der Waals surface area (Å²) < 4.78 is 57.2. The molecule has 3 amide bonds. The first-order chi connectivity index (χ1) is 14.2. The van der Waals surface area contributed by atoms with Crippen molar-refractivity contribution in [3.63, 3.8) is 0 Å². The highest BCUT2D eigenvalue weighted by molar-refractivity contribution is 5.78. The van der Waals surface area contributed by atoms with Gasteiger partial charge in [-0.05, 0) is 30.9 Å². The number of likely N-dealkylation sites (tertiary alicyclic amines) is 2. The number of piperidine rings is 2. The van der Waals surface area contributed by atoms with Crippen molar-refractivity contribution in [3.8, 4) is 0 Å². The summed E-state index contributed by atoms with van der Waals surface area (Å²) in [5, 5.41) is 2.96. The number of nitrogens with zero attached hydrogens (tertiary/aromatic N) is 2. The normalized spacial score (nSPS) is 24.9. The Bertz CT molecular complexity index is 826. The molecule has 3 aliphatic rings. The second-order valence-electron chi connectivity index (χ2n) is 8.13. The minimum absolute atomic E-state index is 0.0000753. The molecule has 3 aliphatic heterocycles. The van der Waals surface area contributed by atoms with Gasteiger partial charge in [0.15, 0.2) is 0 Å². The number of nitrogens with one attached hydrogen (secondary N) is 1. The molecule has 6 nitrogen and oxygen atoms in total. The Balaban J connectivity index is 1.23. The predicted molar refractivity (Wildman–Crippen MR) is 97.8 cm³/mol. The average molecular weight is 429 g/mol. The maximum atomic E-state index is 13.9. The molecule has 0 unspecified atom stereocenters. The van der Waals surface area contributed by atoms with Crippen LogP contribution in [0.3, 0.4) is 0 Å². The third-order valence-corrected chi connectivity index (χ3v) is 6.09. The van der Waals surface area contributed by atoms with E-state index in [-0.39, 0.29) is 36.3 Å². The third-order valence-electron chi connectivity index (χ3n) is 6.09. The predicted octanol–water partition coefficient (Wildman–Crippen LogP) is 2.77. The summed E-state index contributed by atoms with van der Waals surface area (Å²) in [6.07, 6.45) is -2.62. The fraction of sp³-hybridized carbons (Fsp3) is 0.600. The molecule has 3 saturated heterocycles. The van der Waals surface area contributed by atoms with E-state index in [9.17, 15) is 27.2 Å². The number of rotatable bonds is 3. The largest absolute Gasteiger partial charge is 0.416 e. The number of alkyl halides is 3. The molecule has 3 fully saturated rings. The van der Waals surface area contributed by atoms with E-state index in [2.05, 4.69) is 5.32 Å². The lowest BCUT2D eigenvalue weighted by Crippen LogP contribution is -2.63. The molecule has 0 aliphatic carbocycles. The Labute approximate surface area is 171 Å². The van der Waals surface area contributed by atoms with Crippen LogP contribution in [0.25, 0.3) is 0 Å². The van der Waals surface area contributed by atoms with Crippen molar-refractivity contribution in [1.82, 2.24) is 15.1 Å². The highest BCUT2D eigenvalue weighted by atomic mass is 19.4. The maximum Gasteiger partial charge on any atom is 0.416 e. The third kappa shape index (κ3) is 4.38. The Morgan fingerprint density at radius 2 is 1.93 bits per heavy atom. The van der Waals surface area contributed by atoms with Crippen LogP contribution in [0, 0.1) is 11.7 Å².